The number of rotatable bonds is 3. The topological polar surface area (TPSA) is 21.6 Å². The normalized spacial score (nSPS) is 11.7. The van der Waals surface area contributed by atoms with Gasteiger partial charge in [0.05, 0.1) is 5.69 Å². The number of ether oxygens (including phenoxy) is 1. The first-order valence-electron chi connectivity index (χ1n) is 5.48. The Hall–Kier alpha value is -2.30. The SMILES string of the molecule is FC(F)(F)Oc1ccc(/N=C/c2ccccc2)cc1. The smallest absolute Gasteiger partial charge is 0.406 e. The molecule has 0 atom stereocenters. The Morgan fingerprint density at radius 2 is 1.53 bits per heavy atom. The molecule has 0 heterocycles. The largest absolute Gasteiger partial charge is 0.573 e. The van der Waals surface area contributed by atoms with Crippen LogP contribution in [0.2, 0.25) is 0 Å². The second-order valence-electron chi connectivity index (χ2n) is 3.71. The molecule has 0 saturated heterocycles. The lowest BCUT2D eigenvalue weighted by Crippen LogP contribution is -2.16. The fourth-order valence-electron chi connectivity index (χ4n) is 1.42. The summed E-state index contributed by atoms with van der Waals surface area (Å²) >= 11 is 0. The highest BCUT2D eigenvalue weighted by Gasteiger charge is 2.30. The highest BCUT2D eigenvalue weighted by atomic mass is 19.4. The minimum atomic E-state index is -4.67. The van der Waals surface area contributed by atoms with Crippen molar-refractivity contribution in [2.24, 2.45) is 4.99 Å². The minimum Gasteiger partial charge on any atom is -0.406 e. The van der Waals surface area contributed by atoms with Gasteiger partial charge in [0.2, 0.25) is 0 Å². The maximum absolute atomic E-state index is 12.0. The maximum atomic E-state index is 12.0. The van der Waals surface area contributed by atoms with Gasteiger partial charge in [0.25, 0.3) is 0 Å². The molecule has 0 spiro atoms. The summed E-state index contributed by atoms with van der Waals surface area (Å²) < 4.78 is 39.6. The minimum absolute atomic E-state index is 0.258. The third kappa shape index (κ3) is 4.46. The monoisotopic (exact) mass is 265 g/mol. The third-order valence-corrected chi connectivity index (χ3v) is 2.23. The van der Waals surface area contributed by atoms with Gasteiger partial charge in [-0.3, -0.25) is 4.99 Å². The predicted molar refractivity (Wildman–Crippen MR) is 66.8 cm³/mol. The molecule has 2 nitrogen and oxygen atoms in total. The summed E-state index contributed by atoms with van der Waals surface area (Å²) in [5.74, 6) is -0.258. The average molecular weight is 265 g/mol. The summed E-state index contributed by atoms with van der Waals surface area (Å²) in [5.41, 5.74) is 1.47. The van der Waals surface area contributed by atoms with Gasteiger partial charge in [0.15, 0.2) is 0 Å². The molecule has 0 N–H and O–H groups in total. The Morgan fingerprint density at radius 1 is 0.895 bits per heavy atom. The van der Waals surface area contributed by atoms with Crippen molar-refractivity contribution in [1.29, 1.82) is 0 Å². The number of hydrogen-bond acceptors (Lipinski definition) is 2. The van der Waals surface area contributed by atoms with E-state index in [1.165, 1.54) is 24.3 Å². The van der Waals surface area contributed by atoms with Crippen LogP contribution in [0.4, 0.5) is 18.9 Å². The lowest BCUT2D eigenvalue weighted by Gasteiger charge is -2.08. The maximum Gasteiger partial charge on any atom is 0.573 e. The molecule has 0 unspecified atom stereocenters. The molecule has 0 aromatic heterocycles. The van der Waals surface area contributed by atoms with E-state index in [1.807, 2.05) is 30.3 Å². The van der Waals surface area contributed by atoms with Gasteiger partial charge in [-0.2, -0.15) is 0 Å². The van der Waals surface area contributed by atoms with Crippen LogP contribution >= 0.6 is 0 Å². The molecular weight excluding hydrogens is 255 g/mol. The van der Waals surface area contributed by atoms with Gasteiger partial charge < -0.3 is 4.74 Å². The van der Waals surface area contributed by atoms with E-state index in [0.717, 1.165) is 5.56 Å². The molecular formula is C14H10F3NO. The van der Waals surface area contributed by atoms with Crippen molar-refractivity contribution in [3.05, 3.63) is 60.2 Å². The van der Waals surface area contributed by atoms with E-state index in [9.17, 15) is 13.2 Å². The van der Waals surface area contributed by atoms with E-state index in [1.54, 1.807) is 6.21 Å². The molecule has 2 aromatic rings. The first kappa shape index (κ1) is 13.1. The molecule has 0 saturated carbocycles. The van der Waals surface area contributed by atoms with Crippen molar-refractivity contribution >= 4 is 11.9 Å². The number of alkyl halides is 3. The van der Waals surface area contributed by atoms with E-state index in [2.05, 4.69) is 9.73 Å². The van der Waals surface area contributed by atoms with E-state index < -0.39 is 6.36 Å². The van der Waals surface area contributed by atoms with Crippen LogP contribution in [-0.4, -0.2) is 12.6 Å². The fourth-order valence-corrected chi connectivity index (χ4v) is 1.42. The number of hydrogen-bond donors (Lipinski definition) is 0. The zero-order valence-electron chi connectivity index (χ0n) is 9.76. The Morgan fingerprint density at radius 3 is 2.11 bits per heavy atom. The highest BCUT2D eigenvalue weighted by Crippen LogP contribution is 2.24. The van der Waals surface area contributed by atoms with Crippen LogP contribution in [0.3, 0.4) is 0 Å². The number of nitrogens with zero attached hydrogens (tertiary/aromatic N) is 1. The zero-order chi connectivity index (χ0) is 13.7. The number of halogens is 3. The standard InChI is InChI=1S/C14H10F3NO/c15-14(16,17)19-13-8-6-12(7-9-13)18-10-11-4-2-1-3-5-11/h1-10H/b18-10+. The van der Waals surface area contributed by atoms with Crippen LogP contribution in [0.15, 0.2) is 59.6 Å². The van der Waals surface area contributed by atoms with Crippen LogP contribution in [0.1, 0.15) is 5.56 Å². The summed E-state index contributed by atoms with van der Waals surface area (Å²) in [6.45, 7) is 0. The van der Waals surface area contributed by atoms with E-state index >= 15 is 0 Å². The molecule has 19 heavy (non-hydrogen) atoms. The lowest BCUT2D eigenvalue weighted by atomic mass is 10.2. The van der Waals surface area contributed by atoms with Crippen molar-refractivity contribution in [3.8, 4) is 5.75 Å². The zero-order valence-corrected chi connectivity index (χ0v) is 9.76. The summed E-state index contributed by atoms with van der Waals surface area (Å²) in [5, 5.41) is 0. The van der Waals surface area contributed by atoms with Crippen LogP contribution in [0.5, 0.6) is 5.75 Å². The molecule has 0 bridgehead atoms. The van der Waals surface area contributed by atoms with Gasteiger partial charge in [0.1, 0.15) is 5.75 Å². The molecule has 98 valence electrons. The van der Waals surface area contributed by atoms with Crippen LogP contribution in [0, 0.1) is 0 Å². The fraction of sp³-hybridized carbons (Fsp3) is 0.0714. The molecule has 5 heteroatoms. The van der Waals surface area contributed by atoms with Crippen molar-refractivity contribution in [3.63, 3.8) is 0 Å². The van der Waals surface area contributed by atoms with Crippen LogP contribution < -0.4 is 4.74 Å². The van der Waals surface area contributed by atoms with E-state index in [-0.39, 0.29) is 5.75 Å². The van der Waals surface area contributed by atoms with E-state index in [4.69, 9.17) is 0 Å². The molecule has 0 fully saturated rings. The van der Waals surface area contributed by atoms with Crippen molar-refractivity contribution in [1.82, 2.24) is 0 Å². The molecule has 2 aromatic carbocycles. The van der Waals surface area contributed by atoms with Crippen LogP contribution in [-0.2, 0) is 0 Å². The van der Waals surface area contributed by atoms with E-state index in [0.29, 0.717) is 5.69 Å². The van der Waals surface area contributed by atoms with Crippen molar-refractivity contribution in [2.75, 3.05) is 0 Å². The Kier molecular flexibility index (Phi) is 3.85. The van der Waals surface area contributed by atoms with Gasteiger partial charge in [-0.15, -0.1) is 13.2 Å². The van der Waals surface area contributed by atoms with Gasteiger partial charge in [0, 0.05) is 6.21 Å². The van der Waals surface area contributed by atoms with Crippen molar-refractivity contribution in [2.45, 2.75) is 6.36 Å². The van der Waals surface area contributed by atoms with Gasteiger partial charge in [-0.1, -0.05) is 30.3 Å². The summed E-state index contributed by atoms with van der Waals surface area (Å²) in [6.07, 6.45) is -3.03. The van der Waals surface area contributed by atoms with Crippen molar-refractivity contribution < 1.29 is 17.9 Å². The Balaban J connectivity index is 2.05. The summed E-state index contributed by atoms with van der Waals surface area (Å²) in [6, 6.07) is 14.8. The lowest BCUT2D eigenvalue weighted by molar-refractivity contribution is -0.274. The molecule has 2 rings (SSSR count). The third-order valence-electron chi connectivity index (χ3n) is 2.23. The molecule has 0 aliphatic rings. The van der Waals surface area contributed by atoms with Gasteiger partial charge >= 0.3 is 6.36 Å². The highest BCUT2D eigenvalue weighted by molar-refractivity contribution is 5.81. The van der Waals surface area contributed by atoms with Gasteiger partial charge in [-0.05, 0) is 29.8 Å². The predicted octanol–water partition coefficient (Wildman–Crippen LogP) is 4.34. The summed E-state index contributed by atoms with van der Waals surface area (Å²) in [7, 11) is 0. The first-order valence-corrected chi connectivity index (χ1v) is 5.48. The summed E-state index contributed by atoms with van der Waals surface area (Å²) in [4.78, 5) is 4.15. The number of benzene rings is 2. The molecule has 0 aliphatic heterocycles. The molecule has 0 radical (unpaired) electrons. The second-order valence-corrected chi connectivity index (χ2v) is 3.71. The second kappa shape index (κ2) is 5.56. The molecule has 0 amide bonds. The average Bonchev–Trinajstić information content (AvgIpc) is 2.37. The number of aliphatic imine (C=N–C) groups is 1. The Labute approximate surface area is 108 Å². The van der Waals surface area contributed by atoms with Crippen LogP contribution in [0.25, 0.3) is 0 Å². The van der Waals surface area contributed by atoms with Gasteiger partial charge in [-0.25, -0.2) is 0 Å². The first-order chi connectivity index (χ1) is 9.03. The quantitative estimate of drug-likeness (QED) is 0.757. The molecule has 0 aliphatic carbocycles. The Bertz CT molecular complexity index is 547.